The standard InChI is InChI=1S/C27H21NO2S2/c29-26-24(32-27(31)28(26)16-15-19-9-3-1-4-10-19)18-22-17-21-13-7-8-14-23(21)30-25(22)20-11-5-2-6-12-20/h1-14,17-18,25H,15-16H2. The molecular weight excluding hydrogens is 434 g/mol. The fourth-order valence-corrected chi connectivity index (χ4v) is 5.20. The Morgan fingerprint density at radius 2 is 1.62 bits per heavy atom. The third-order valence-electron chi connectivity index (χ3n) is 5.53. The maximum atomic E-state index is 13.2. The zero-order valence-electron chi connectivity index (χ0n) is 17.3. The largest absolute Gasteiger partial charge is 0.480 e. The monoisotopic (exact) mass is 455 g/mol. The molecule has 2 aliphatic rings. The second-order valence-electron chi connectivity index (χ2n) is 7.66. The lowest BCUT2D eigenvalue weighted by atomic mass is 9.95. The number of thioether (sulfide) groups is 1. The first-order valence-electron chi connectivity index (χ1n) is 10.5. The van der Waals surface area contributed by atoms with E-state index in [0.717, 1.165) is 28.9 Å². The molecule has 0 spiro atoms. The third kappa shape index (κ3) is 4.27. The van der Waals surface area contributed by atoms with Gasteiger partial charge in [-0.05, 0) is 41.3 Å². The molecule has 5 heteroatoms. The Balaban J connectivity index is 1.43. The van der Waals surface area contributed by atoms with E-state index in [0.29, 0.717) is 15.8 Å². The topological polar surface area (TPSA) is 29.5 Å². The average Bonchev–Trinajstić information content (AvgIpc) is 3.10. The Bertz CT molecular complexity index is 1220. The quantitative estimate of drug-likeness (QED) is 0.339. The van der Waals surface area contributed by atoms with Crippen molar-refractivity contribution in [3.63, 3.8) is 0 Å². The van der Waals surface area contributed by atoms with Crippen molar-refractivity contribution in [2.24, 2.45) is 0 Å². The van der Waals surface area contributed by atoms with Gasteiger partial charge in [0, 0.05) is 12.1 Å². The van der Waals surface area contributed by atoms with E-state index >= 15 is 0 Å². The number of carbonyl (C=O) groups is 1. The van der Waals surface area contributed by atoms with Gasteiger partial charge in [0.1, 0.15) is 16.2 Å². The summed E-state index contributed by atoms with van der Waals surface area (Å²) in [6.45, 7) is 0.576. The lowest BCUT2D eigenvalue weighted by Crippen LogP contribution is -2.30. The Morgan fingerprint density at radius 3 is 2.41 bits per heavy atom. The van der Waals surface area contributed by atoms with Crippen molar-refractivity contribution in [3.05, 3.63) is 118 Å². The number of hydrogen-bond acceptors (Lipinski definition) is 4. The van der Waals surface area contributed by atoms with E-state index in [-0.39, 0.29) is 12.0 Å². The van der Waals surface area contributed by atoms with Crippen LogP contribution in [0.1, 0.15) is 22.8 Å². The summed E-state index contributed by atoms with van der Waals surface area (Å²) in [7, 11) is 0. The van der Waals surface area contributed by atoms with Crippen LogP contribution in [0.15, 0.2) is 101 Å². The molecule has 1 saturated heterocycles. The molecule has 3 nitrogen and oxygen atoms in total. The molecule has 1 amide bonds. The summed E-state index contributed by atoms with van der Waals surface area (Å²) in [5, 5.41) is 0. The smallest absolute Gasteiger partial charge is 0.266 e. The number of nitrogens with zero attached hydrogens (tertiary/aromatic N) is 1. The molecule has 1 fully saturated rings. The van der Waals surface area contributed by atoms with Gasteiger partial charge in [-0.1, -0.05) is 103 Å². The van der Waals surface area contributed by atoms with E-state index in [4.69, 9.17) is 17.0 Å². The molecule has 5 rings (SSSR count). The first kappa shape index (κ1) is 20.7. The Hall–Kier alpha value is -3.15. The van der Waals surface area contributed by atoms with Gasteiger partial charge in [-0.15, -0.1) is 0 Å². The van der Waals surface area contributed by atoms with Crippen molar-refractivity contribution in [1.82, 2.24) is 4.90 Å². The molecule has 3 aromatic carbocycles. The number of carbonyl (C=O) groups excluding carboxylic acids is 1. The van der Waals surface area contributed by atoms with E-state index in [1.807, 2.05) is 78.9 Å². The second-order valence-corrected chi connectivity index (χ2v) is 9.34. The summed E-state index contributed by atoms with van der Waals surface area (Å²) in [5.74, 6) is 0.802. The summed E-state index contributed by atoms with van der Waals surface area (Å²) in [6.07, 6.45) is 4.54. The van der Waals surface area contributed by atoms with Crippen LogP contribution in [0.25, 0.3) is 6.08 Å². The molecule has 1 atom stereocenters. The van der Waals surface area contributed by atoms with Gasteiger partial charge < -0.3 is 4.74 Å². The highest BCUT2D eigenvalue weighted by atomic mass is 32.2. The Labute approximate surface area is 197 Å². The Kier molecular flexibility index (Phi) is 5.93. The van der Waals surface area contributed by atoms with Crippen molar-refractivity contribution in [2.45, 2.75) is 12.5 Å². The van der Waals surface area contributed by atoms with Gasteiger partial charge in [-0.25, -0.2) is 0 Å². The minimum absolute atomic E-state index is 0.0394. The van der Waals surface area contributed by atoms with Gasteiger partial charge >= 0.3 is 0 Å². The molecule has 0 bridgehead atoms. The van der Waals surface area contributed by atoms with Crippen LogP contribution in [0, 0.1) is 0 Å². The lowest BCUT2D eigenvalue weighted by Gasteiger charge is -2.26. The number of amides is 1. The van der Waals surface area contributed by atoms with Crippen molar-refractivity contribution in [1.29, 1.82) is 0 Å². The van der Waals surface area contributed by atoms with Crippen molar-refractivity contribution >= 4 is 40.3 Å². The Morgan fingerprint density at radius 1 is 0.938 bits per heavy atom. The number of hydrogen-bond donors (Lipinski definition) is 0. The number of fused-ring (bicyclic) bond motifs is 1. The summed E-state index contributed by atoms with van der Waals surface area (Å²) >= 11 is 6.90. The van der Waals surface area contributed by atoms with Gasteiger partial charge in [-0.3, -0.25) is 9.69 Å². The van der Waals surface area contributed by atoms with Crippen LogP contribution in [0.2, 0.25) is 0 Å². The van der Waals surface area contributed by atoms with Crippen molar-refractivity contribution in [2.75, 3.05) is 6.54 Å². The van der Waals surface area contributed by atoms with Gasteiger partial charge in [0.15, 0.2) is 0 Å². The van der Waals surface area contributed by atoms with Crippen LogP contribution >= 0.6 is 24.0 Å². The SMILES string of the molecule is O=C1C(=CC2=Cc3ccccc3OC2c2ccccc2)SC(=S)N1CCc1ccccc1. The number of ether oxygens (including phenoxy) is 1. The minimum Gasteiger partial charge on any atom is -0.480 e. The third-order valence-corrected chi connectivity index (χ3v) is 6.91. The van der Waals surface area contributed by atoms with Crippen molar-refractivity contribution < 1.29 is 9.53 Å². The van der Waals surface area contributed by atoms with E-state index < -0.39 is 0 Å². The highest BCUT2D eigenvalue weighted by molar-refractivity contribution is 8.26. The number of para-hydroxylation sites is 1. The fraction of sp³-hybridized carbons (Fsp3) is 0.111. The van der Waals surface area contributed by atoms with Crippen LogP contribution in [-0.4, -0.2) is 21.7 Å². The molecule has 0 radical (unpaired) electrons. The van der Waals surface area contributed by atoms with Gasteiger partial charge in [0.25, 0.3) is 5.91 Å². The predicted molar refractivity (Wildman–Crippen MR) is 134 cm³/mol. The summed E-state index contributed by atoms with van der Waals surface area (Å²) in [6, 6.07) is 28.2. The fourth-order valence-electron chi connectivity index (χ4n) is 3.89. The van der Waals surface area contributed by atoms with Crippen LogP contribution in [-0.2, 0) is 11.2 Å². The van der Waals surface area contributed by atoms with Crippen LogP contribution in [0.4, 0.5) is 0 Å². The second kappa shape index (κ2) is 9.15. The highest BCUT2D eigenvalue weighted by Gasteiger charge is 2.33. The van der Waals surface area contributed by atoms with Gasteiger partial charge in [0.2, 0.25) is 0 Å². The molecule has 0 aromatic heterocycles. The minimum atomic E-state index is -0.279. The maximum Gasteiger partial charge on any atom is 0.266 e. The molecule has 0 N–H and O–H groups in total. The summed E-state index contributed by atoms with van der Waals surface area (Å²) < 4.78 is 6.96. The molecule has 2 aliphatic heterocycles. The molecule has 3 aromatic rings. The molecular formula is C27H21NO2S2. The lowest BCUT2D eigenvalue weighted by molar-refractivity contribution is -0.122. The molecule has 0 aliphatic carbocycles. The van der Waals surface area contributed by atoms with E-state index in [1.54, 1.807) is 4.90 Å². The first-order chi connectivity index (χ1) is 15.7. The van der Waals surface area contributed by atoms with Gasteiger partial charge in [0.05, 0.1) is 4.91 Å². The molecule has 32 heavy (non-hydrogen) atoms. The molecule has 158 valence electrons. The van der Waals surface area contributed by atoms with Crippen LogP contribution in [0.5, 0.6) is 5.75 Å². The normalized spacial score (nSPS) is 19.0. The molecule has 2 heterocycles. The number of benzene rings is 3. The summed E-state index contributed by atoms with van der Waals surface area (Å²) in [4.78, 5) is 15.5. The van der Waals surface area contributed by atoms with E-state index in [9.17, 15) is 4.79 Å². The average molecular weight is 456 g/mol. The zero-order valence-corrected chi connectivity index (χ0v) is 18.9. The number of rotatable bonds is 5. The maximum absolute atomic E-state index is 13.2. The van der Waals surface area contributed by atoms with Crippen LogP contribution < -0.4 is 4.74 Å². The zero-order chi connectivity index (χ0) is 21.9. The van der Waals surface area contributed by atoms with Gasteiger partial charge in [-0.2, -0.15) is 0 Å². The molecule has 0 saturated carbocycles. The molecule has 1 unspecified atom stereocenters. The van der Waals surface area contributed by atoms with E-state index in [2.05, 4.69) is 18.2 Å². The van der Waals surface area contributed by atoms with E-state index in [1.165, 1.54) is 17.3 Å². The highest BCUT2D eigenvalue weighted by Crippen LogP contribution is 2.40. The summed E-state index contributed by atoms with van der Waals surface area (Å²) in [5.41, 5.74) is 4.18. The first-order valence-corrected chi connectivity index (χ1v) is 11.7. The predicted octanol–water partition coefficient (Wildman–Crippen LogP) is 6.19. The van der Waals surface area contributed by atoms with Crippen molar-refractivity contribution in [3.8, 4) is 5.75 Å². The van der Waals surface area contributed by atoms with Crippen LogP contribution in [0.3, 0.4) is 0 Å². The number of thiocarbonyl (C=S) groups is 1.